The van der Waals surface area contributed by atoms with Crippen molar-refractivity contribution in [3.8, 4) is 5.75 Å². The zero-order chi connectivity index (χ0) is 14.3. The van der Waals surface area contributed by atoms with E-state index in [2.05, 4.69) is 0 Å². The first kappa shape index (κ1) is 15.8. The molecule has 1 aromatic carbocycles. The lowest BCUT2D eigenvalue weighted by molar-refractivity contribution is 0.0967. The fourth-order valence-corrected chi connectivity index (χ4v) is 1.39. The number of hydrogen-bond donors (Lipinski definition) is 0. The Balaban J connectivity index is 2.49. The van der Waals surface area contributed by atoms with E-state index < -0.39 is 24.0 Å². The number of hydrogen-bond acceptors (Lipinski definition) is 2. The quantitative estimate of drug-likeness (QED) is 0.413. The van der Waals surface area contributed by atoms with E-state index in [1.807, 2.05) is 6.92 Å². The molecule has 1 rings (SSSR count). The predicted molar refractivity (Wildman–Crippen MR) is 66.3 cm³/mol. The van der Waals surface area contributed by atoms with Gasteiger partial charge in [0.05, 0.1) is 6.61 Å². The molecule has 0 fully saturated rings. The minimum Gasteiger partial charge on any atom is -0.488 e. The van der Waals surface area contributed by atoms with Crippen molar-refractivity contribution in [2.24, 2.45) is 0 Å². The molecule has 0 spiro atoms. The number of benzene rings is 1. The molecular weight excluding hydrogens is 263 g/mol. The Hall–Kier alpha value is -1.24. The van der Waals surface area contributed by atoms with Gasteiger partial charge in [-0.25, -0.2) is 4.39 Å². The average molecular weight is 279 g/mol. The summed E-state index contributed by atoms with van der Waals surface area (Å²) in [6.07, 6.45) is 1.89. The first-order chi connectivity index (χ1) is 8.95. The Kier molecular flexibility index (Phi) is 6.14. The van der Waals surface area contributed by atoms with Crippen molar-refractivity contribution >= 4 is 12.4 Å². The summed E-state index contributed by atoms with van der Waals surface area (Å²) in [5.74, 6) is -1.20. The highest BCUT2D eigenvalue weighted by molar-refractivity contribution is 6.73. The van der Waals surface area contributed by atoms with Gasteiger partial charge in [-0.15, -0.1) is 5.46 Å². The van der Waals surface area contributed by atoms with Crippen LogP contribution in [-0.4, -0.2) is 26.8 Å². The van der Waals surface area contributed by atoms with Crippen molar-refractivity contribution in [2.75, 3.05) is 19.8 Å². The summed E-state index contributed by atoms with van der Waals surface area (Å²) in [5.41, 5.74) is -0.872. The van der Waals surface area contributed by atoms with Crippen LogP contribution in [0.2, 0.25) is 0 Å². The maximum Gasteiger partial charge on any atom is 0.509 e. The SMILES string of the molecule is CCCCOCCOc1cc([B-](F)(F)F)ccc1F. The topological polar surface area (TPSA) is 18.5 Å². The third kappa shape index (κ3) is 5.51. The number of halogens is 4. The fourth-order valence-electron chi connectivity index (χ4n) is 1.39. The molecule has 0 N–H and O–H groups in total. The molecular formula is C12H16BF4O2-. The highest BCUT2D eigenvalue weighted by Crippen LogP contribution is 2.18. The van der Waals surface area contributed by atoms with Crippen LogP contribution in [0.5, 0.6) is 5.75 Å². The van der Waals surface area contributed by atoms with Gasteiger partial charge in [0.15, 0.2) is 11.6 Å². The van der Waals surface area contributed by atoms with Crippen LogP contribution >= 0.6 is 0 Å². The molecule has 7 heteroatoms. The lowest BCUT2D eigenvalue weighted by Crippen LogP contribution is -2.34. The van der Waals surface area contributed by atoms with Crippen molar-refractivity contribution in [1.29, 1.82) is 0 Å². The van der Waals surface area contributed by atoms with Gasteiger partial charge in [-0.05, 0) is 18.6 Å². The highest BCUT2D eigenvalue weighted by atomic mass is 19.4. The van der Waals surface area contributed by atoms with Crippen molar-refractivity contribution in [1.82, 2.24) is 0 Å². The second kappa shape index (κ2) is 7.38. The average Bonchev–Trinajstić information content (AvgIpc) is 2.34. The maximum absolute atomic E-state index is 13.3. The monoisotopic (exact) mass is 279 g/mol. The summed E-state index contributed by atoms with van der Waals surface area (Å²) < 4.78 is 60.9. The van der Waals surface area contributed by atoms with Gasteiger partial charge in [-0.2, -0.15) is 0 Å². The minimum atomic E-state index is -5.15. The molecule has 0 aliphatic rings. The van der Waals surface area contributed by atoms with E-state index >= 15 is 0 Å². The molecule has 0 radical (unpaired) electrons. The van der Waals surface area contributed by atoms with Crippen LogP contribution in [0.15, 0.2) is 18.2 Å². The number of unbranched alkanes of at least 4 members (excludes halogenated alkanes) is 1. The van der Waals surface area contributed by atoms with E-state index in [0.29, 0.717) is 18.7 Å². The molecule has 1 aromatic rings. The van der Waals surface area contributed by atoms with E-state index in [4.69, 9.17) is 9.47 Å². The third-order valence-corrected chi connectivity index (χ3v) is 2.46. The van der Waals surface area contributed by atoms with E-state index in [1.165, 1.54) is 0 Å². The van der Waals surface area contributed by atoms with Gasteiger partial charge in [-0.3, -0.25) is 0 Å². The fraction of sp³-hybridized carbons (Fsp3) is 0.500. The van der Waals surface area contributed by atoms with Crippen molar-refractivity contribution in [2.45, 2.75) is 19.8 Å². The Morgan fingerprint density at radius 1 is 1.11 bits per heavy atom. The summed E-state index contributed by atoms with van der Waals surface area (Å²) in [4.78, 5) is 0. The predicted octanol–water partition coefficient (Wildman–Crippen LogP) is 3.08. The third-order valence-electron chi connectivity index (χ3n) is 2.46. The van der Waals surface area contributed by atoms with Crippen molar-refractivity contribution in [3.63, 3.8) is 0 Å². The second-order valence-electron chi connectivity index (χ2n) is 4.08. The standard InChI is InChI=1S/C12H16BF4O2/c1-2-3-6-18-7-8-19-12-9-10(13(15,16)17)4-5-11(12)14/h4-5,9H,2-3,6-8H2,1H3/q-1. The molecule has 0 amide bonds. The van der Waals surface area contributed by atoms with Gasteiger partial charge in [0, 0.05) is 6.61 Å². The number of ether oxygens (including phenoxy) is 2. The van der Waals surface area contributed by atoms with Gasteiger partial charge in [0.1, 0.15) is 6.61 Å². The first-order valence-corrected chi connectivity index (χ1v) is 6.15. The molecule has 2 nitrogen and oxygen atoms in total. The Labute approximate surface area is 109 Å². The van der Waals surface area contributed by atoms with Crippen LogP contribution in [0, 0.1) is 5.82 Å². The van der Waals surface area contributed by atoms with Crippen molar-refractivity contribution < 1.29 is 26.8 Å². The normalized spacial score (nSPS) is 11.6. The van der Waals surface area contributed by atoms with Gasteiger partial charge in [0.2, 0.25) is 0 Å². The van der Waals surface area contributed by atoms with Crippen LogP contribution in [0.1, 0.15) is 19.8 Å². The number of rotatable bonds is 8. The molecule has 0 bridgehead atoms. The lowest BCUT2D eigenvalue weighted by atomic mass is 9.80. The maximum atomic E-state index is 13.3. The van der Waals surface area contributed by atoms with Gasteiger partial charge >= 0.3 is 6.98 Å². The lowest BCUT2D eigenvalue weighted by Gasteiger charge is -2.16. The summed E-state index contributed by atoms with van der Waals surface area (Å²) in [7, 11) is 0. The van der Waals surface area contributed by atoms with Gasteiger partial charge in [0.25, 0.3) is 0 Å². The Morgan fingerprint density at radius 2 is 1.84 bits per heavy atom. The summed E-state index contributed by atoms with van der Waals surface area (Å²) in [5, 5.41) is 0. The molecule has 108 valence electrons. The van der Waals surface area contributed by atoms with E-state index in [-0.39, 0.29) is 13.2 Å². The van der Waals surface area contributed by atoms with Gasteiger partial charge in [-0.1, -0.05) is 19.4 Å². The first-order valence-electron chi connectivity index (χ1n) is 6.15. The molecule has 0 heterocycles. The smallest absolute Gasteiger partial charge is 0.488 e. The van der Waals surface area contributed by atoms with Crippen molar-refractivity contribution in [3.05, 3.63) is 24.0 Å². The van der Waals surface area contributed by atoms with Crippen LogP contribution in [-0.2, 0) is 4.74 Å². The Bertz CT molecular complexity index is 396. The minimum absolute atomic E-state index is 0.0228. The summed E-state index contributed by atoms with van der Waals surface area (Å²) in [6.45, 7) is -2.33. The molecule has 0 saturated heterocycles. The summed E-state index contributed by atoms with van der Waals surface area (Å²) >= 11 is 0. The molecule has 0 aromatic heterocycles. The van der Waals surface area contributed by atoms with Crippen LogP contribution in [0.3, 0.4) is 0 Å². The van der Waals surface area contributed by atoms with Crippen LogP contribution in [0.25, 0.3) is 0 Å². The molecule has 0 aliphatic carbocycles. The molecule has 0 saturated carbocycles. The van der Waals surface area contributed by atoms with Gasteiger partial charge < -0.3 is 22.4 Å². The van der Waals surface area contributed by atoms with E-state index in [9.17, 15) is 17.3 Å². The molecule has 0 atom stereocenters. The highest BCUT2D eigenvalue weighted by Gasteiger charge is 2.26. The van der Waals surface area contributed by atoms with E-state index in [1.54, 1.807) is 0 Å². The zero-order valence-electron chi connectivity index (χ0n) is 10.7. The molecule has 19 heavy (non-hydrogen) atoms. The molecule has 0 unspecified atom stereocenters. The zero-order valence-corrected chi connectivity index (χ0v) is 10.7. The second-order valence-corrected chi connectivity index (χ2v) is 4.08. The van der Waals surface area contributed by atoms with E-state index in [0.717, 1.165) is 18.9 Å². The summed E-state index contributed by atoms with van der Waals surface area (Å²) in [6, 6.07) is 2.15. The van der Waals surface area contributed by atoms with Crippen LogP contribution < -0.4 is 10.2 Å². The van der Waals surface area contributed by atoms with Crippen LogP contribution in [0.4, 0.5) is 17.3 Å². The largest absolute Gasteiger partial charge is 0.509 e. The molecule has 0 aliphatic heterocycles. The Morgan fingerprint density at radius 3 is 2.47 bits per heavy atom.